The van der Waals surface area contributed by atoms with Gasteiger partial charge in [0.15, 0.2) is 4.87 Å². The van der Waals surface area contributed by atoms with Crippen LogP contribution >= 0.6 is 11.8 Å². The number of hydrogen-bond acceptors (Lipinski definition) is 4. The van der Waals surface area contributed by atoms with Gasteiger partial charge in [-0.05, 0) is 51.1 Å². The number of benzene rings is 2. The fourth-order valence-corrected chi connectivity index (χ4v) is 5.90. The molecule has 2 aromatic carbocycles. The van der Waals surface area contributed by atoms with Crippen molar-refractivity contribution in [3.63, 3.8) is 0 Å². The number of ether oxygens (including phenoxy) is 1. The predicted molar refractivity (Wildman–Crippen MR) is 116 cm³/mol. The molecular formula is C22H24FN3O3S. The van der Waals surface area contributed by atoms with Gasteiger partial charge in [0.2, 0.25) is 0 Å². The van der Waals surface area contributed by atoms with Crippen molar-refractivity contribution in [3.05, 3.63) is 53.8 Å². The van der Waals surface area contributed by atoms with Crippen molar-refractivity contribution in [2.24, 2.45) is 0 Å². The summed E-state index contributed by atoms with van der Waals surface area (Å²) in [4.78, 5) is 28.9. The molecule has 8 heteroatoms. The number of carbonyl (C=O) groups excluding carboxylic acids is 2. The van der Waals surface area contributed by atoms with E-state index < -0.39 is 21.5 Å². The van der Waals surface area contributed by atoms with Crippen LogP contribution in [0.2, 0.25) is 0 Å². The predicted octanol–water partition coefficient (Wildman–Crippen LogP) is 4.41. The molecule has 2 heterocycles. The molecule has 1 fully saturated rings. The maximum absolute atomic E-state index is 14.2. The summed E-state index contributed by atoms with van der Waals surface area (Å²) >= 11 is 1.39. The van der Waals surface area contributed by atoms with Crippen LogP contribution in [-0.4, -0.2) is 41.8 Å². The normalized spacial score (nSPS) is 21.8. The number of rotatable bonds is 3. The molecule has 0 bridgehead atoms. The van der Waals surface area contributed by atoms with E-state index in [0.717, 1.165) is 0 Å². The van der Waals surface area contributed by atoms with Crippen molar-refractivity contribution in [2.45, 2.75) is 30.4 Å². The zero-order valence-corrected chi connectivity index (χ0v) is 18.2. The number of amides is 3. The number of nitrogens with zero attached hydrogens (tertiary/aromatic N) is 2. The van der Waals surface area contributed by atoms with Crippen LogP contribution in [0.25, 0.3) is 0 Å². The zero-order valence-electron chi connectivity index (χ0n) is 17.4. The number of methoxy groups -OCH3 is 1. The lowest BCUT2D eigenvalue weighted by molar-refractivity contribution is -0.123. The van der Waals surface area contributed by atoms with E-state index >= 15 is 0 Å². The number of anilines is 2. The molecule has 4 rings (SSSR count). The van der Waals surface area contributed by atoms with Crippen LogP contribution in [0.4, 0.5) is 20.6 Å². The van der Waals surface area contributed by atoms with E-state index in [2.05, 4.69) is 5.32 Å². The van der Waals surface area contributed by atoms with E-state index in [-0.39, 0.29) is 5.91 Å². The van der Waals surface area contributed by atoms with Crippen molar-refractivity contribution < 1.29 is 18.7 Å². The smallest absolute Gasteiger partial charge is 0.323 e. The lowest BCUT2D eigenvalue weighted by Crippen LogP contribution is -2.51. The summed E-state index contributed by atoms with van der Waals surface area (Å²) in [6.07, 6.45) is 0. The molecule has 158 valence electrons. The number of hydrogen-bond donors (Lipinski definition) is 1. The van der Waals surface area contributed by atoms with Crippen molar-refractivity contribution in [1.29, 1.82) is 0 Å². The van der Waals surface area contributed by atoms with E-state index in [0.29, 0.717) is 35.8 Å². The lowest BCUT2D eigenvalue weighted by atomic mass is 10.0. The van der Waals surface area contributed by atoms with Gasteiger partial charge in [-0.1, -0.05) is 6.07 Å². The minimum absolute atomic E-state index is 0.220. The van der Waals surface area contributed by atoms with E-state index in [9.17, 15) is 14.0 Å². The molecular weight excluding hydrogens is 405 g/mol. The van der Waals surface area contributed by atoms with Gasteiger partial charge in [-0.15, -0.1) is 11.8 Å². The molecule has 1 saturated heterocycles. The van der Waals surface area contributed by atoms with Gasteiger partial charge in [-0.3, -0.25) is 9.69 Å². The van der Waals surface area contributed by atoms with Gasteiger partial charge in [-0.2, -0.15) is 0 Å². The third kappa shape index (κ3) is 3.10. The van der Waals surface area contributed by atoms with Gasteiger partial charge in [0.1, 0.15) is 11.6 Å². The Balaban J connectivity index is 1.79. The molecule has 1 unspecified atom stereocenters. The first-order valence-electron chi connectivity index (χ1n) is 9.76. The second kappa shape index (κ2) is 7.19. The van der Waals surface area contributed by atoms with E-state index in [1.807, 2.05) is 20.8 Å². The largest absolute Gasteiger partial charge is 0.497 e. The molecule has 2 aromatic rings. The highest BCUT2D eigenvalue weighted by atomic mass is 32.2. The summed E-state index contributed by atoms with van der Waals surface area (Å²) in [6, 6.07) is 10.9. The number of halogens is 1. The molecule has 1 N–H and O–H groups in total. The van der Waals surface area contributed by atoms with Gasteiger partial charge in [0, 0.05) is 35.2 Å². The molecule has 6 nitrogen and oxygen atoms in total. The van der Waals surface area contributed by atoms with Crippen molar-refractivity contribution in [1.82, 2.24) is 4.90 Å². The molecule has 1 spiro atoms. The monoisotopic (exact) mass is 429 g/mol. The van der Waals surface area contributed by atoms with Crippen molar-refractivity contribution in [3.8, 4) is 5.75 Å². The first-order chi connectivity index (χ1) is 14.2. The number of fused-ring (bicyclic) bond motifs is 2. The standard InChI is InChI=1S/C22H24FN3O3S/c1-5-25-18-10-9-14(23)11-17(18)22(19(25)27)26(13-21(2,3)30-22)20(28)24-15-7-6-8-16(12-15)29-4/h6-12H,5,13H2,1-4H3,(H,24,28). The summed E-state index contributed by atoms with van der Waals surface area (Å²) < 4.78 is 19.1. The van der Waals surface area contributed by atoms with Crippen LogP contribution in [0.3, 0.4) is 0 Å². The van der Waals surface area contributed by atoms with Gasteiger partial charge in [0.05, 0.1) is 12.8 Å². The Bertz CT molecular complexity index is 1030. The van der Waals surface area contributed by atoms with Gasteiger partial charge < -0.3 is 15.0 Å². The molecule has 30 heavy (non-hydrogen) atoms. The average Bonchev–Trinajstić information content (AvgIpc) is 3.13. The highest BCUT2D eigenvalue weighted by molar-refractivity contribution is 8.02. The molecule has 0 saturated carbocycles. The topological polar surface area (TPSA) is 61.9 Å². The highest BCUT2D eigenvalue weighted by Gasteiger charge is 2.63. The fourth-order valence-electron chi connectivity index (χ4n) is 4.18. The second-order valence-electron chi connectivity index (χ2n) is 7.96. The summed E-state index contributed by atoms with van der Waals surface area (Å²) in [5.41, 5.74) is 1.72. The Morgan fingerprint density at radius 1 is 1.27 bits per heavy atom. The van der Waals surface area contributed by atoms with Crippen LogP contribution in [0.1, 0.15) is 26.3 Å². The van der Waals surface area contributed by atoms with Crippen LogP contribution in [0.15, 0.2) is 42.5 Å². The molecule has 0 radical (unpaired) electrons. The lowest BCUT2D eigenvalue weighted by Gasteiger charge is -2.33. The van der Waals surface area contributed by atoms with Gasteiger partial charge >= 0.3 is 6.03 Å². The first kappa shape index (κ1) is 20.5. The van der Waals surface area contributed by atoms with E-state index in [1.54, 1.807) is 42.3 Å². The number of thioether (sulfide) groups is 1. The molecule has 3 amide bonds. The first-order valence-corrected chi connectivity index (χ1v) is 10.6. The van der Waals surface area contributed by atoms with Gasteiger partial charge in [0.25, 0.3) is 5.91 Å². The van der Waals surface area contributed by atoms with E-state index in [1.165, 1.54) is 28.8 Å². The molecule has 2 aliphatic heterocycles. The van der Waals surface area contributed by atoms with Crippen molar-refractivity contribution in [2.75, 3.05) is 30.4 Å². The second-order valence-corrected chi connectivity index (χ2v) is 9.87. The number of nitrogens with one attached hydrogen (secondary N) is 1. The number of carbonyl (C=O) groups is 2. The minimum atomic E-state index is -1.31. The Morgan fingerprint density at radius 2 is 2.03 bits per heavy atom. The zero-order chi connectivity index (χ0) is 21.7. The quantitative estimate of drug-likeness (QED) is 0.785. The SMILES string of the molecule is CCN1C(=O)C2(SC(C)(C)CN2C(=O)Nc2cccc(OC)c2)c2cc(F)ccc21. The average molecular weight is 430 g/mol. The Morgan fingerprint density at radius 3 is 2.73 bits per heavy atom. The van der Waals surface area contributed by atoms with Crippen molar-refractivity contribution >= 4 is 35.1 Å². The Labute approximate surface area is 179 Å². The van der Waals surface area contributed by atoms with Crippen LogP contribution < -0.4 is 15.0 Å². The highest BCUT2D eigenvalue weighted by Crippen LogP contribution is 2.59. The maximum Gasteiger partial charge on any atom is 0.323 e. The summed E-state index contributed by atoms with van der Waals surface area (Å²) in [5.74, 6) is -0.0422. The third-order valence-electron chi connectivity index (χ3n) is 5.37. The molecule has 0 aliphatic carbocycles. The summed E-state index contributed by atoms with van der Waals surface area (Å²) in [6.45, 7) is 6.62. The number of likely N-dealkylation sites (N-methyl/N-ethyl adjacent to an activating group) is 1. The minimum Gasteiger partial charge on any atom is -0.497 e. The molecule has 2 aliphatic rings. The molecule has 0 aromatic heterocycles. The van der Waals surface area contributed by atoms with Crippen LogP contribution in [0, 0.1) is 5.82 Å². The Kier molecular flexibility index (Phi) is 4.92. The summed E-state index contributed by atoms with van der Waals surface area (Å²) in [7, 11) is 1.55. The van der Waals surface area contributed by atoms with Crippen LogP contribution in [-0.2, 0) is 9.67 Å². The maximum atomic E-state index is 14.2. The van der Waals surface area contributed by atoms with E-state index in [4.69, 9.17) is 4.74 Å². The van der Waals surface area contributed by atoms with Gasteiger partial charge in [-0.25, -0.2) is 9.18 Å². The summed E-state index contributed by atoms with van der Waals surface area (Å²) in [5, 5.41) is 2.88. The fraction of sp³-hybridized carbons (Fsp3) is 0.364. The molecule has 1 atom stereocenters. The third-order valence-corrected chi connectivity index (χ3v) is 6.97. The number of urea groups is 1. The van der Waals surface area contributed by atoms with Crippen LogP contribution in [0.5, 0.6) is 5.75 Å². The Hall–Kier alpha value is -2.74.